The van der Waals surface area contributed by atoms with Gasteiger partial charge in [0.1, 0.15) is 11.6 Å². The van der Waals surface area contributed by atoms with Crippen molar-refractivity contribution in [2.24, 2.45) is 0 Å². The minimum absolute atomic E-state index is 0.152. The monoisotopic (exact) mass is 449 g/mol. The summed E-state index contributed by atoms with van der Waals surface area (Å²) in [5.74, 6) is -0.780. The van der Waals surface area contributed by atoms with E-state index in [1.54, 1.807) is 6.07 Å². The minimum Gasteiger partial charge on any atom is -0.396 e. The number of hydrogen-bond donors (Lipinski definition) is 2. The fourth-order valence-corrected chi connectivity index (χ4v) is 5.21. The number of nitrogens with one attached hydrogen (secondary N) is 1. The Balaban J connectivity index is 1.90. The molecular weight excluding hydrogens is 416 g/mol. The molecule has 2 N–H and O–H groups in total. The largest absolute Gasteiger partial charge is 0.396 e. The Labute approximate surface area is 195 Å². The van der Waals surface area contributed by atoms with Crippen LogP contribution in [-0.4, -0.2) is 24.8 Å². The van der Waals surface area contributed by atoms with E-state index in [9.17, 15) is 9.50 Å². The number of rotatable bonds is 6. The summed E-state index contributed by atoms with van der Waals surface area (Å²) in [6, 6.07) is 8.25. The molecule has 2 aromatic rings. The molecule has 4 heteroatoms. The molecule has 1 saturated heterocycles. The van der Waals surface area contributed by atoms with Crippen molar-refractivity contribution in [1.82, 2.24) is 5.32 Å². The van der Waals surface area contributed by atoms with Gasteiger partial charge in [0.15, 0.2) is 0 Å². The Bertz CT molecular complexity index is 1080. The molecule has 2 nitrogen and oxygen atoms in total. The van der Waals surface area contributed by atoms with Crippen LogP contribution in [0, 0.1) is 18.6 Å². The first-order valence-corrected chi connectivity index (χ1v) is 12.1. The predicted molar refractivity (Wildman–Crippen MR) is 132 cm³/mol. The first-order chi connectivity index (χ1) is 16.1. The lowest BCUT2D eigenvalue weighted by molar-refractivity contribution is 0.289. The lowest BCUT2D eigenvalue weighted by atomic mass is 9.80. The molecule has 0 aromatic heterocycles. The van der Waals surface area contributed by atoms with Crippen molar-refractivity contribution in [1.29, 1.82) is 0 Å². The van der Waals surface area contributed by atoms with Gasteiger partial charge in [-0.1, -0.05) is 30.4 Å². The van der Waals surface area contributed by atoms with Gasteiger partial charge < -0.3 is 10.4 Å². The molecule has 1 aliphatic heterocycles. The van der Waals surface area contributed by atoms with Gasteiger partial charge in [-0.3, -0.25) is 0 Å². The van der Waals surface area contributed by atoms with Crippen LogP contribution in [0.1, 0.15) is 61.1 Å². The summed E-state index contributed by atoms with van der Waals surface area (Å²) >= 11 is 0. The van der Waals surface area contributed by atoms with Crippen LogP contribution in [0.25, 0.3) is 16.7 Å². The summed E-state index contributed by atoms with van der Waals surface area (Å²) in [6.07, 6.45) is 13.9. The molecule has 33 heavy (non-hydrogen) atoms. The summed E-state index contributed by atoms with van der Waals surface area (Å²) in [5.41, 5.74) is 7.18. The van der Waals surface area contributed by atoms with E-state index in [-0.39, 0.29) is 6.61 Å². The van der Waals surface area contributed by atoms with Crippen LogP contribution in [0.5, 0.6) is 0 Å². The van der Waals surface area contributed by atoms with Gasteiger partial charge in [0, 0.05) is 24.8 Å². The second kappa shape index (κ2) is 11.0. The zero-order valence-electron chi connectivity index (χ0n) is 19.3. The molecule has 1 unspecified atom stereocenters. The van der Waals surface area contributed by atoms with Gasteiger partial charge >= 0.3 is 0 Å². The highest BCUT2D eigenvalue weighted by Gasteiger charge is 2.24. The summed E-state index contributed by atoms with van der Waals surface area (Å²) in [5, 5.41) is 12.9. The highest BCUT2D eigenvalue weighted by molar-refractivity contribution is 5.79. The summed E-state index contributed by atoms with van der Waals surface area (Å²) < 4.78 is 28.8. The molecule has 1 aliphatic carbocycles. The highest BCUT2D eigenvalue weighted by atomic mass is 19.1. The summed E-state index contributed by atoms with van der Waals surface area (Å²) in [4.78, 5) is 0. The number of benzene rings is 2. The first-order valence-electron chi connectivity index (χ1n) is 12.1. The van der Waals surface area contributed by atoms with E-state index in [1.807, 2.05) is 0 Å². The topological polar surface area (TPSA) is 32.3 Å². The number of aryl methyl sites for hydroxylation is 1. The van der Waals surface area contributed by atoms with Crippen LogP contribution < -0.4 is 5.32 Å². The normalized spacial score (nSPS) is 19.0. The van der Waals surface area contributed by atoms with Gasteiger partial charge in [0.05, 0.1) is 0 Å². The summed E-state index contributed by atoms with van der Waals surface area (Å²) in [7, 11) is 0. The molecular formula is C29H33F2NO. The lowest BCUT2D eigenvalue weighted by Gasteiger charge is -2.28. The van der Waals surface area contributed by atoms with Gasteiger partial charge in [-0.15, -0.1) is 0 Å². The van der Waals surface area contributed by atoms with Gasteiger partial charge in [-0.05, 0) is 110 Å². The second-order valence-corrected chi connectivity index (χ2v) is 9.08. The fourth-order valence-electron chi connectivity index (χ4n) is 5.21. The Morgan fingerprint density at radius 3 is 2.73 bits per heavy atom. The molecule has 4 rings (SSSR count). The second-order valence-electron chi connectivity index (χ2n) is 9.08. The van der Waals surface area contributed by atoms with E-state index in [1.165, 1.54) is 17.2 Å². The third kappa shape index (κ3) is 5.51. The van der Waals surface area contributed by atoms with E-state index in [0.29, 0.717) is 17.9 Å². The van der Waals surface area contributed by atoms with Crippen molar-refractivity contribution < 1.29 is 13.9 Å². The molecule has 1 atom stereocenters. The molecule has 174 valence electrons. The van der Waals surface area contributed by atoms with Crippen LogP contribution >= 0.6 is 0 Å². The van der Waals surface area contributed by atoms with Crippen LogP contribution in [0.3, 0.4) is 0 Å². The van der Waals surface area contributed by atoms with E-state index < -0.39 is 11.6 Å². The quantitative estimate of drug-likeness (QED) is 0.506. The van der Waals surface area contributed by atoms with Crippen LogP contribution in [0.2, 0.25) is 0 Å². The van der Waals surface area contributed by atoms with Crippen molar-refractivity contribution in [2.45, 2.75) is 51.4 Å². The molecule has 2 aliphatic rings. The molecule has 0 spiro atoms. The van der Waals surface area contributed by atoms with Crippen LogP contribution in [0.4, 0.5) is 8.78 Å². The Morgan fingerprint density at radius 1 is 1.09 bits per heavy atom. The van der Waals surface area contributed by atoms with E-state index in [2.05, 4.69) is 48.7 Å². The van der Waals surface area contributed by atoms with Gasteiger partial charge in [-0.2, -0.15) is 0 Å². The Kier molecular flexibility index (Phi) is 7.89. The zero-order valence-corrected chi connectivity index (χ0v) is 19.3. The molecule has 0 radical (unpaired) electrons. The number of allylic oxidation sites excluding steroid dienone is 6. The molecule has 2 aromatic carbocycles. The Morgan fingerprint density at radius 2 is 1.97 bits per heavy atom. The average Bonchev–Trinajstić information content (AvgIpc) is 2.79. The number of aliphatic hydroxyl groups excluding tert-OH is 1. The Hall–Kier alpha value is -2.56. The third-order valence-electron chi connectivity index (χ3n) is 6.76. The van der Waals surface area contributed by atoms with E-state index >= 15 is 4.39 Å². The van der Waals surface area contributed by atoms with Gasteiger partial charge in [-0.25, -0.2) is 8.78 Å². The number of hydrogen-bond acceptors (Lipinski definition) is 2. The van der Waals surface area contributed by atoms with Crippen LogP contribution in [-0.2, 0) is 0 Å². The maximum absolute atomic E-state index is 15.0. The van der Waals surface area contributed by atoms with E-state index in [0.717, 1.165) is 73.5 Å². The minimum atomic E-state index is -0.559. The van der Waals surface area contributed by atoms with Crippen molar-refractivity contribution in [2.75, 3.05) is 19.7 Å². The average molecular weight is 450 g/mol. The molecule has 0 amide bonds. The molecule has 1 heterocycles. The zero-order chi connectivity index (χ0) is 23.2. The standard InChI is InChI=1S/C29H33F2NO/c1-20-16-23(25-11-5-3-2-4-8-21(25)10-7-15-33)17-27(26-13-12-24(30)18-28(26)31)29(20)22-9-6-14-32-19-22/h2-4,8,12-13,16-18,22,32-33H,5-7,9-11,14-15,19H2,1H3. The van der Waals surface area contributed by atoms with Crippen molar-refractivity contribution in [3.05, 3.63) is 88.5 Å². The van der Waals surface area contributed by atoms with Crippen LogP contribution in [0.15, 0.2) is 60.2 Å². The SMILES string of the molecule is Cc1cc(C2=C(CCCO)C=CC=CCC2)cc(-c2ccc(F)cc2F)c1C1CCCNC1. The van der Waals surface area contributed by atoms with Gasteiger partial charge in [0.2, 0.25) is 0 Å². The number of piperidine rings is 1. The molecule has 0 saturated carbocycles. The van der Waals surface area contributed by atoms with Crippen molar-refractivity contribution in [3.63, 3.8) is 0 Å². The lowest BCUT2D eigenvalue weighted by Crippen LogP contribution is -2.29. The number of halogens is 2. The number of aliphatic hydroxyl groups is 1. The highest BCUT2D eigenvalue weighted by Crippen LogP contribution is 2.40. The fraction of sp³-hybridized carbons (Fsp3) is 0.379. The maximum Gasteiger partial charge on any atom is 0.133 e. The van der Waals surface area contributed by atoms with E-state index in [4.69, 9.17) is 0 Å². The maximum atomic E-state index is 15.0. The third-order valence-corrected chi connectivity index (χ3v) is 6.76. The predicted octanol–water partition coefficient (Wildman–Crippen LogP) is 6.84. The van der Waals surface area contributed by atoms with Crippen molar-refractivity contribution in [3.8, 4) is 11.1 Å². The van der Waals surface area contributed by atoms with Crippen molar-refractivity contribution >= 4 is 5.57 Å². The van der Waals surface area contributed by atoms with Gasteiger partial charge in [0.25, 0.3) is 0 Å². The molecule has 1 fully saturated rings. The first kappa shape index (κ1) is 23.6. The molecule has 0 bridgehead atoms. The smallest absolute Gasteiger partial charge is 0.133 e. The summed E-state index contributed by atoms with van der Waals surface area (Å²) in [6.45, 7) is 4.15.